The fourth-order valence-corrected chi connectivity index (χ4v) is 14.9. The molecule has 53 heavy (non-hydrogen) atoms. The van der Waals surface area contributed by atoms with E-state index in [1.165, 1.54) is 117 Å². The van der Waals surface area contributed by atoms with Crippen molar-refractivity contribution in [3.63, 3.8) is 0 Å². The third kappa shape index (κ3) is 3.69. The molecule has 7 aliphatic carbocycles. The molecular weight excluding hydrogens is 659 g/mol. The van der Waals surface area contributed by atoms with Gasteiger partial charge >= 0.3 is 0 Å². The summed E-state index contributed by atoms with van der Waals surface area (Å²) in [5.41, 5.74) is 16.4. The van der Waals surface area contributed by atoms with Crippen LogP contribution in [0.3, 0.4) is 0 Å². The molecule has 0 radical (unpaired) electrons. The van der Waals surface area contributed by atoms with Crippen molar-refractivity contribution in [2.24, 2.45) is 23.7 Å². The highest BCUT2D eigenvalue weighted by molar-refractivity contribution is 7.26. The van der Waals surface area contributed by atoms with Crippen molar-refractivity contribution >= 4 is 48.6 Å². The van der Waals surface area contributed by atoms with Gasteiger partial charge in [-0.3, -0.25) is 0 Å². The zero-order valence-corrected chi connectivity index (χ0v) is 31.0. The summed E-state index contributed by atoms with van der Waals surface area (Å²) < 4.78 is 2.72. The molecule has 0 aliphatic heterocycles. The Balaban J connectivity index is 1.11. The van der Waals surface area contributed by atoms with Crippen LogP contribution in [0.5, 0.6) is 0 Å². The van der Waals surface area contributed by atoms with Crippen LogP contribution < -0.4 is 4.90 Å². The van der Waals surface area contributed by atoms with Crippen LogP contribution in [0.25, 0.3) is 42.4 Å². The van der Waals surface area contributed by atoms with E-state index in [0.29, 0.717) is 0 Å². The molecule has 0 N–H and O–H groups in total. The lowest BCUT2D eigenvalue weighted by Gasteiger charge is -2.61. The number of fused-ring (bicyclic) bond motifs is 11. The quantitative estimate of drug-likeness (QED) is 0.177. The van der Waals surface area contributed by atoms with Gasteiger partial charge in [0.1, 0.15) is 0 Å². The SMILES string of the molecule is c1ccc2c(c1)-c1c(N(c3ccc4c(c3)C3(c5ccccc5-4)C4CC5CC(C4)CC3C5)c3cccc4sc5ccccc5c34)cccc1C21CCCC1. The molecular formula is C51H43NS. The van der Waals surface area contributed by atoms with E-state index in [1.807, 2.05) is 11.3 Å². The summed E-state index contributed by atoms with van der Waals surface area (Å²) in [6.45, 7) is 0. The Labute approximate surface area is 316 Å². The van der Waals surface area contributed by atoms with Gasteiger partial charge < -0.3 is 4.90 Å². The van der Waals surface area contributed by atoms with E-state index in [4.69, 9.17) is 0 Å². The van der Waals surface area contributed by atoms with Gasteiger partial charge in [0, 0.05) is 42.3 Å². The van der Waals surface area contributed by atoms with Crippen molar-refractivity contribution < 1.29 is 0 Å². The highest BCUT2D eigenvalue weighted by Gasteiger charge is 2.61. The second-order valence-corrected chi connectivity index (χ2v) is 18.7. The molecule has 0 amide bonds. The molecule has 7 aromatic rings. The maximum atomic E-state index is 2.71. The molecule has 5 saturated carbocycles. The largest absolute Gasteiger partial charge is 0.309 e. The van der Waals surface area contributed by atoms with Gasteiger partial charge in [0.2, 0.25) is 0 Å². The average molecular weight is 702 g/mol. The lowest BCUT2D eigenvalue weighted by Crippen LogP contribution is -2.55. The first-order valence-corrected chi connectivity index (χ1v) is 21.2. The van der Waals surface area contributed by atoms with Gasteiger partial charge in [-0.1, -0.05) is 104 Å². The fraction of sp³-hybridized carbons (Fsp3) is 0.294. The second-order valence-electron chi connectivity index (χ2n) is 17.6. The minimum absolute atomic E-state index is 0.124. The van der Waals surface area contributed by atoms with Gasteiger partial charge in [0.15, 0.2) is 0 Å². The number of hydrogen-bond donors (Lipinski definition) is 0. The van der Waals surface area contributed by atoms with E-state index < -0.39 is 0 Å². The van der Waals surface area contributed by atoms with Crippen LogP contribution in [0, 0.1) is 23.7 Å². The summed E-state index contributed by atoms with van der Waals surface area (Å²) in [5.74, 6) is 3.34. The van der Waals surface area contributed by atoms with Gasteiger partial charge in [-0.15, -0.1) is 11.3 Å². The van der Waals surface area contributed by atoms with E-state index in [2.05, 4.69) is 132 Å². The topological polar surface area (TPSA) is 3.24 Å². The molecule has 0 unspecified atom stereocenters. The van der Waals surface area contributed by atoms with Gasteiger partial charge in [-0.2, -0.15) is 0 Å². The minimum atomic E-state index is 0.124. The number of anilines is 3. The third-order valence-corrected chi connectivity index (χ3v) is 16.5. The molecule has 1 heterocycles. The Morgan fingerprint density at radius 3 is 1.98 bits per heavy atom. The molecule has 258 valence electrons. The first kappa shape index (κ1) is 29.8. The molecule has 0 saturated heterocycles. The fourth-order valence-electron chi connectivity index (χ4n) is 13.8. The van der Waals surface area contributed by atoms with Crippen molar-refractivity contribution in [3.8, 4) is 22.3 Å². The predicted octanol–water partition coefficient (Wildman–Crippen LogP) is 14.1. The maximum Gasteiger partial charge on any atom is 0.0555 e. The Bertz CT molecular complexity index is 2640. The van der Waals surface area contributed by atoms with Crippen molar-refractivity contribution in [1.29, 1.82) is 0 Å². The molecule has 7 aliphatic rings. The molecule has 4 bridgehead atoms. The smallest absolute Gasteiger partial charge is 0.0555 e. The van der Waals surface area contributed by atoms with Crippen LogP contribution in [0.1, 0.15) is 80.0 Å². The standard InChI is InChI=1S/C51H43NS/c1-5-15-41-36(11-1)37-22-21-35(30-43(37)51(41)33-26-31-25-32(28-33)29-34(51)27-31)52(45-18-10-20-47-49(45)39-13-3-6-19-46(39)53-47)44-17-9-16-42-48(44)38-12-2-4-14-40(38)50(42)23-7-8-24-50/h1-6,9-22,30-34H,7-8,23-29H2. The zero-order valence-electron chi connectivity index (χ0n) is 30.2. The summed E-state index contributed by atoms with van der Waals surface area (Å²) >= 11 is 1.93. The monoisotopic (exact) mass is 701 g/mol. The van der Waals surface area contributed by atoms with Crippen LogP contribution in [-0.2, 0) is 10.8 Å². The Kier molecular flexibility index (Phi) is 5.90. The van der Waals surface area contributed by atoms with Crippen molar-refractivity contribution in [1.82, 2.24) is 0 Å². The third-order valence-electron chi connectivity index (χ3n) is 15.4. The van der Waals surface area contributed by atoms with Gasteiger partial charge in [-0.05, 0) is 144 Å². The zero-order chi connectivity index (χ0) is 34.5. The second kappa shape index (κ2) is 10.5. The van der Waals surface area contributed by atoms with Crippen molar-refractivity contribution in [3.05, 3.63) is 150 Å². The van der Waals surface area contributed by atoms with E-state index in [1.54, 1.807) is 22.3 Å². The van der Waals surface area contributed by atoms with Crippen LogP contribution in [0.4, 0.5) is 17.1 Å². The molecule has 2 spiro atoms. The predicted molar refractivity (Wildman–Crippen MR) is 222 cm³/mol. The van der Waals surface area contributed by atoms with Crippen LogP contribution in [0.15, 0.2) is 127 Å². The molecule has 6 aromatic carbocycles. The van der Waals surface area contributed by atoms with Crippen LogP contribution in [0.2, 0.25) is 0 Å². The van der Waals surface area contributed by atoms with Gasteiger partial charge in [0.25, 0.3) is 0 Å². The first-order valence-electron chi connectivity index (χ1n) is 20.4. The van der Waals surface area contributed by atoms with E-state index in [0.717, 1.165) is 23.7 Å². The summed E-state index contributed by atoms with van der Waals surface area (Å²) in [4.78, 5) is 2.71. The Morgan fingerprint density at radius 2 is 1.15 bits per heavy atom. The summed E-state index contributed by atoms with van der Waals surface area (Å²) in [6.07, 6.45) is 12.2. The Hall–Kier alpha value is -4.66. The molecule has 0 atom stereocenters. The van der Waals surface area contributed by atoms with E-state index in [-0.39, 0.29) is 10.8 Å². The normalized spacial score (nSPS) is 26.4. The summed E-state index contributed by atoms with van der Waals surface area (Å²) in [7, 11) is 0. The van der Waals surface area contributed by atoms with Crippen LogP contribution in [-0.4, -0.2) is 0 Å². The molecule has 5 fully saturated rings. The lowest BCUT2D eigenvalue weighted by atomic mass is 9.43. The first-order chi connectivity index (χ1) is 26.2. The van der Waals surface area contributed by atoms with Crippen LogP contribution >= 0.6 is 11.3 Å². The Morgan fingerprint density at radius 1 is 0.509 bits per heavy atom. The highest BCUT2D eigenvalue weighted by Crippen LogP contribution is 2.70. The number of hydrogen-bond acceptors (Lipinski definition) is 2. The van der Waals surface area contributed by atoms with Gasteiger partial charge in [-0.25, -0.2) is 0 Å². The summed E-state index contributed by atoms with van der Waals surface area (Å²) in [6, 6.07) is 50.1. The molecule has 14 rings (SSSR count). The number of thiophene rings is 1. The number of nitrogens with zero attached hydrogens (tertiary/aromatic N) is 1. The summed E-state index contributed by atoms with van der Waals surface area (Å²) in [5, 5.41) is 2.74. The number of rotatable bonds is 3. The molecule has 1 nitrogen and oxygen atoms in total. The van der Waals surface area contributed by atoms with Gasteiger partial charge in [0.05, 0.1) is 11.4 Å². The lowest BCUT2D eigenvalue weighted by molar-refractivity contribution is -0.0399. The van der Waals surface area contributed by atoms with E-state index in [9.17, 15) is 0 Å². The minimum Gasteiger partial charge on any atom is -0.309 e. The molecule has 1 aromatic heterocycles. The van der Waals surface area contributed by atoms with Crippen molar-refractivity contribution in [2.45, 2.75) is 68.6 Å². The van der Waals surface area contributed by atoms with E-state index >= 15 is 0 Å². The maximum absolute atomic E-state index is 2.71. The van der Waals surface area contributed by atoms with Crippen molar-refractivity contribution in [2.75, 3.05) is 4.90 Å². The average Bonchev–Trinajstić information content (AvgIpc) is 3.96. The highest BCUT2D eigenvalue weighted by atomic mass is 32.1. The molecule has 2 heteroatoms. The number of benzene rings is 6.